The summed E-state index contributed by atoms with van der Waals surface area (Å²) in [4.78, 5) is 26.6. The highest BCUT2D eigenvalue weighted by Crippen LogP contribution is 2.60. The topological polar surface area (TPSA) is 76.7 Å². The Morgan fingerprint density at radius 3 is 2.10 bits per heavy atom. The van der Waals surface area contributed by atoms with E-state index in [1.165, 1.54) is 19.3 Å². The molecule has 164 valence electrons. The van der Waals surface area contributed by atoms with Crippen molar-refractivity contribution in [2.75, 3.05) is 19.5 Å². The van der Waals surface area contributed by atoms with Gasteiger partial charge in [0.2, 0.25) is 11.8 Å². The van der Waals surface area contributed by atoms with Gasteiger partial charge in [0.15, 0.2) is 0 Å². The van der Waals surface area contributed by atoms with Crippen molar-refractivity contribution in [1.82, 2.24) is 5.32 Å². The van der Waals surface area contributed by atoms with Gasteiger partial charge in [0, 0.05) is 11.5 Å². The maximum Gasteiger partial charge on any atom is 0.247 e. The Kier molecular flexibility index (Phi) is 5.69. The van der Waals surface area contributed by atoms with Gasteiger partial charge < -0.3 is 20.1 Å². The standard InChI is InChI=1S/C24H34N2O4/c1-14(2)21(22(27)25-19-6-5-18(29-3)10-20(19)30-4)26-23(28)24-11-15-7-16(12-24)9-17(8-15)13-24/h5-6,10,14-17,21H,7-9,11-13H2,1-4H3,(H,25,27)(H,26,28)/t15?,16?,17?,21-,24?/m1/s1. The van der Waals surface area contributed by atoms with Gasteiger partial charge in [-0.3, -0.25) is 9.59 Å². The fourth-order valence-electron chi connectivity index (χ4n) is 6.33. The van der Waals surface area contributed by atoms with E-state index in [4.69, 9.17) is 9.47 Å². The van der Waals surface area contributed by atoms with E-state index >= 15 is 0 Å². The molecular formula is C24H34N2O4. The normalized spacial score (nSPS) is 30.1. The third kappa shape index (κ3) is 3.88. The van der Waals surface area contributed by atoms with Crippen molar-refractivity contribution in [2.45, 2.75) is 58.4 Å². The number of methoxy groups -OCH3 is 2. The van der Waals surface area contributed by atoms with E-state index in [1.807, 2.05) is 13.8 Å². The number of nitrogens with one attached hydrogen (secondary N) is 2. The van der Waals surface area contributed by atoms with Crippen molar-refractivity contribution in [3.05, 3.63) is 18.2 Å². The monoisotopic (exact) mass is 414 g/mol. The fraction of sp³-hybridized carbons (Fsp3) is 0.667. The zero-order chi connectivity index (χ0) is 21.5. The molecule has 5 rings (SSSR count). The zero-order valence-electron chi connectivity index (χ0n) is 18.5. The molecule has 0 aliphatic heterocycles. The number of ether oxygens (including phenoxy) is 2. The van der Waals surface area contributed by atoms with Gasteiger partial charge in [-0.25, -0.2) is 0 Å². The summed E-state index contributed by atoms with van der Waals surface area (Å²) in [7, 11) is 3.14. The first-order valence-electron chi connectivity index (χ1n) is 11.2. The van der Waals surface area contributed by atoms with Crippen molar-refractivity contribution in [3.8, 4) is 11.5 Å². The van der Waals surface area contributed by atoms with Gasteiger partial charge in [-0.05, 0) is 74.3 Å². The predicted molar refractivity (Wildman–Crippen MR) is 116 cm³/mol. The van der Waals surface area contributed by atoms with Crippen molar-refractivity contribution in [3.63, 3.8) is 0 Å². The third-order valence-electron chi connectivity index (χ3n) is 7.42. The lowest BCUT2D eigenvalue weighted by Gasteiger charge is -2.55. The number of rotatable bonds is 7. The first kappa shape index (κ1) is 21.0. The average Bonchev–Trinajstić information content (AvgIpc) is 2.70. The molecule has 4 aliphatic rings. The molecular weight excluding hydrogens is 380 g/mol. The molecule has 0 spiro atoms. The molecule has 30 heavy (non-hydrogen) atoms. The molecule has 4 saturated carbocycles. The molecule has 0 heterocycles. The van der Waals surface area contributed by atoms with Crippen LogP contribution in [0.4, 0.5) is 5.69 Å². The minimum atomic E-state index is -0.586. The summed E-state index contributed by atoms with van der Waals surface area (Å²) < 4.78 is 10.6. The van der Waals surface area contributed by atoms with Gasteiger partial charge in [-0.2, -0.15) is 0 Å². The van der Waals surface area contributed by atoms with Crippen LogP contribution in [-0.4, -0.2) is 32.1 Å². The van der Waals surface area contributed by atoms with Gasteiger partial charge >= 0.3 is 0 Å². The van der Waals surface area contributed by atoms with E-state index in [-0.39, 0.29) is 23.1 Å². The van der Waals surface area contributed by atoms with E-state index in [2.05, 4.69) is 10.6 Å². The van der Waals surface area contributed by atoms with Crippen molar-refractivity contribution >= 4 is 17.5 Å². The van der Waals surface area contributed by atoms with Crippen LogP contribution in [0.1, 0.15) is 52.4 Å². The van der Waals surface area contributed by atoms with Gasteiger partial charge in [0.05, 0.1) is 19.9 Å². The molecule has 0 unspecified atom stereocenters. The summed E-state index contributed by atoms with van der Waals surface area (Å²) in [6, 6.07) is 4.68. The molecule has 2 amide bonds. The quantitative estimate of drug-likeness (QED) is 0.707. The highest BCUT2D eigenvalue weighted by Gasteiger charge is 2.55. The second-order valence-corrected chi connectivity index (χ2v) is 9.95. The number of carbonyl (C=O) groups excluding carboxylic acids is 2. The molecule has 4 aliphatic carbocycles. The summed E-state index contributed by atoms with van der Waals surface area (Å²) in [5.41, 5.74) is 0.304. The number of hydrogen-bond acceptors (Lipinski definition) is 4. The van der Waals surface area contributed by atoms with Gasteiger partial charge in [-0.1, -0.05) is 13.8 Å². The van der Waals surface area contributed by atoms with Crippen LogP contribution in [0, 0.1) is 29.1 Å². The van der Waals surface area contributed by atoms with E-state index in [0.29, 0.717) is 34.9 Å². The highest BCUT2D eigenvalue weighted by atomic mass is 16.5. The van der Waals surface area contributed by atoms with Crippen LogP contribution >= 0.6 is 0 Å². The Labute approximate surface area is 179 Å². The first-order valence-corrected chi connectivity index (χ1v) is 11.2. The van der Waals surface area contributed by atoms with Gasteiger partial charge in [-0.15, -0.1) is 0 Å². The van der Waals surface area contributed by atoms with Crippen LogP contribution < -0.4 is 20.1 Å². The van der Waals surface area contributed by atoms with Crippen LogP contribution in [0.5, 0.6) is 11.5 Å². The molecule has 0 radical (unpaired) electrons. The lowest BCUT2D eigenvalue weighted by atomic mass is 9.49. The molecule has 6 nitrogen and oxygen atoms in total. The molecule has 1 aromatic rings. The number of anilines is 1. The second kappa shape index (κ2) is 8.12. The van der Waals surface area contributed by atoms with Gasteiger partial charge in [0.25, 0.3) is 0 Å². The van der Waals surface area contributed by atoms with Crippen molar-refractivity contribution in [1.29, 1.82) is 0 Å². The van der Waals surface area contributed by atoms with Crippen molar-refractivity contribution in [2.24, 2.45) is 29.1 Å². The minimum absolute atomic E-state index is 0.0212. The average molecular weight is 415 g/mol. The molecule has 6 heteroatoms. The lowest BCUT2D eigenvalue weighted by Crippen LogP contribution is -2.57. The molecule has 1 aromatic carbocycles. The molecule has 4 fully saturated rings. The van der Waals surface area contributed by atoms with E-state index in [1.54, 1.807) is 32.4 Å². The smallest absolute Gasteiger partial charge is 0.247 e. The van der Waals surface area contributed by atoms with Crippen LogP contribution in [0.3, 0.4) is 0 Å². The summed E-state index contributed by atoms with van der Waals surface area (Å²) in [5.74, 6) is 3.10. The van der Waals surface area contributed by atoms with E-state index in [9.17, 15) is 9.59 Å². The fourth-order valence-corrected chi connectivity index (χ4v) is 6.33. The Hall–Kier alpha value is -2.24. The predicted octanol–water partition coefficient (Wildman–Crippen LogP) is 4.00. The SMILES string of the molecule is COc1ccc(NC(=O)[C@H](NC(=O)C23CC4CC(CC(C4)C2)C3)C(C)C)c(OC)c1. The number of amides is 2. The number of benzene rings is 1. The molecule has 2 N–H and O–H groups in total. The van der Waals surface area contributed by atoms with Crippen LogP contribution in [0.25, 0.3) is 0 Å². The highest BCUT2D eigenvalue weighted by molar-refractivity contribution is 5.99. The lowest BCUT2D eigenvalue weighted by molar-refractivity contribution is -0.148. The van der Waals surface area contributed by atoms with Crippen LogP contribution in [0.15, 0.2) is 18.2 Å². The Morgan fingerprint density at radius 2 is 1.60 bits per heavy atom. The summed E-state index contributed by atoms with van der Waals surface area (Å²) in [5, 5.41) is 6.08. The summed E-state index contributed by atoms with van der Waals surface area (Å²) >= 11 is 0. The Morgan fingerprint density at radius 1 is 1.00 bits per heavy atom. The molecule has 1 atom stereocenters. The summed E-state index contributed by atoms with van der Waals surface area (Å²) in [6.45, 7) is 3.94. The number of carbonyl (C=O) groups is 2. The van der Waals surface area contributed by atoms with E-state index < -0.39 is 6.04 Å². The van der Waals surface area contributed by atoms with Crippen molar-refractivity contribution < 1.29 is 19.1 Å². The summed E-state index contributed by atoms with van der Waals surface area (Å²) in [6.07, 6.45) is 6.84. The number of hydrogen-bond donors (Lipinski definition) is 2. The molecule has 0 aromatic heterocycles. The second-order valence-electron chi connectivity index (χ2n) is 9.95. The van der Waals surface area contributed by atoms with Gasteiger partial charge in [0.1, 0.15) is 17.5 Å². The Balaban J connectivity index is 1.48. The third-order valence-corrected chi connectivity index (χ3v) is 7.42. The maximum atomic E-state index is 13.4. The minimum Gasteiger partial charge on any atom is -0.497 e. The van der Waals surface area contributed by atoms with Crippen LogP contribution in [-0.2, 0) is 9.59 Å². The van der Waals surface area contributed by atoms with Crippen LogP contribution in [0.2, 0.25) is 0 Å². The largest absolute Gasteiger partial charge is 0.497 e. The maximum absolute atomic E-state index is 13.4. The molecule has 4 bridgehead atoms. The zero-order valence-corrected chi connectivity index (χ0v) is 18.5. The van der Waals surface area contributed by atoms with E-state index in [0.717, 1.165) is 19.3 Å². The first-order chi connectivity index (χ1) is 14.3. The molecule has 0 saturated heterocycles. The Bertz CT molecular complexity index is 784.